The molecule has 0 bridgehead atoms. The fraction of sp³-hybridized carbons (Fsp3) is 0.300. The summed E-state index contributed by atoms with van der Waals surface area (Å²) < 4.78 is 22.3. The summed E-state index contributed by atoms with van der Waals surface area (Å²) in [6.45, 7) is 4.79. The molecule has 9 heteroatoms. The zero-order valence-corrected chi connectivity index (χ0v) is 21.7. The van der Waals surface area contributed by atoms with Gasteiger partial charge < -0.3 is 28.1 Å². The number of carbonyl (C=O) groups is 2. The summed E-state index contributed by atoms with van der Waals surface area (Å²) in [5.74, 6) is 0.923. The fourth-order valence-electron chi connectivity index (χ4n) is 5.19. The van der Waals surface area contributed by atoms with Crippen LogP contribution in [-0.4, -0.2) is 59.4 Å². The summed E-state index contributed by atoms with van der Waals surface area (Å²) in [7, 11) is 0. The number of amides is 2. The van der Waals surface area contributed by atoms with E-state index in [1.165, 1.54) is 12.5 Å². The van der Waals surface area contributed by atoms with E-state index in [0.717, 1.165) is 28.7 Å². The highest BCUT2D eigenvalue weighted by Gasteiger charge is 2.34. The molecule has 0 saturated carbocycles. The van der Waals surface area contributed by atoms with E-state index in [9.17, 15) is 9.59 Å². The number of benzene rings is 2. The molecule has 2 aromatic heterocycles. The summed E-state index contributed by atoms with van der Waals surface area (Å²) in [6.07, 6.45) is 3.60. The van der Waals surface area contributed by atoms with Crippen LogP contribution in [0.2, 0.25) is 0 Å². The van der Waals surface area contributed by atoms with Gasteiger partial charge in [-0.15, -0.1) is 0 Å². The van der Waals surface area contributed by atoms with Crippen molar-refractivity contribution >= 4 is 11.8 Å². The number of furan rings is 1. The van der Waals surface area contributed by atoms with E-state index in [-0.39, 0.29) is 30.2 Å². The van der Waals surface area contributed by atoms with E-state index in [1.807, 2.05) is 48.2 Å². The number of ether oxygens (including phenoxy) is 2. The average Bonchev–Trinajstić information content (AvgIpc) is 3.68. The molecule has 2 aliphatic rings. The Morgan fingerprint density at radius 3 is 2.67 bits per heavy atom. The first kappa shape index (κ1) is 24.9. The molecule has 2 aromatic carbocycles. The van der Waals surface area contributed by atoms with Gasteiger partial charge in [-0.1, -0.05) is 35.9 Å². The molecule has 6 rings (SSSR count). The first-order chi connectivity index (χ1) is 19.1. The first-order valence-electron chi connectivity index (χ1n) is 13.0. The van der Waals surface area contributed by atoms with Gasteiger partial charge in [-0.3, -0.25) is 9.59 Å². The van der Waals surface area contributed by atoms with Gasteiger partial charge in [-0.2, -0.15) is 0 Å². The van der Waals surface area contributed by atoms with E-state index < -0.39 is 0 Å². The summed E-state index contributed by atoms with van der Waals surface area (Å²) in [6, 6.07) is 17.3. The molecule has 0 spiro atoms. The first-order valence-corrected chi connectivity index (χ1v) is 13.0. The number of carbonyl (C=O) groups excluding carboxylic acids is 2. The number of hydrogen-bond acceptors (Lipinski definition) is 7. The second-order valence-corrected chi connectivity index (χ2v) is 9.72. The second-order valence-electron chi connectivity index (χ2n) is 9.72. The van der Waals surface area contributed by atoms with E-state index >= 15 is 0 Å². The maximum atomic E-state index is 13.4. The van der Waals surface area contributed by atoms with E-state index in [0.29, 0.717) is 50.2 Å². The van der Waals surface area contributed by atoms with E-state index in [4.69, 9.17) is 18.3 Å². The van der Waals surface area contributed by atoms with Crippen LogP contribution in [0.5, 0.6) is 5.75 Å². The standard InChI is InChI=1S/C30H29N3O6/c1-20-4-2-5-22(16-20)28-24-17-23(8-7-21(24)9-10-33(28)30(35)26-6-3-13-37-26)38-19-27-31-25(18-39-27)29(34)32-11-14-36-15-12-32/h2-8,13,16-18,28H,9-12,14-15,19H2,1H3. The van der Waals surface area contributed by atoms with Crippen molar-refractivity contribution in [1.29, 1.82) is 0 Å². The van der Waals surface area contributed by atoms with Crippen LogP contribution < -0.4 is 4.74 Å². The predicted octanol–water partition coefficient (Wildman–Crippen LogP) is 4.42. The minimum atomic E-state index is -0.297. The van der Waals surface area contributed by atoms with Gasteiger partial charge in [0.25, 0.3) is 11.8 Å². The third-order valence-electron chi connectivity index (χ3n) is 7.13. The van der Waals surface area contributed by atoms with Gasteiger partial charge in [0.1, 0.15) is 12.0 Å². The Bertz CT molecular complexity index is 1470. The third kappa shape index (κ3) is 5.18. The van der Waals surface area contributed by atoms with Crippen LogP contribution in [-0.2, 0) is 17.8 Å². The molecule has 9 nitrogen and oxygen atoms in total. The van der Waals surface area contributed by atoms with Gasteiger partial charge in [0.05, 0.1) is 25.5 Å². The SMILES string of the molecule is Cc1cccc(C2c3cc(OCc4nc(C(=O)N5CCOCC5)co4)ccc3CCN2C(=O)c2ccco2)c1. The molecule has 4 heterocycles. The monoisotopic (exact) mass is 527 g/mol. The number of aryl methyl sites for hydroxylation is 1. The topological polar surface area (TPSA) is 98.2 Å². The number of fused-ring (bicyclic) bond motifs is 1. The molecule has 4 aromatic rings. The van der Waals surface area contributed by atoms with Crippen LogP contribution in [0.3, 0.4) is 0 Å². The number of morpholine rings is 1. The molecule has 0 aliphatic carbocycles. The van der Waals surface area contributed by atoms with Crippen LogP contribution >= 0.6 is 0 Å². The zero-order chi connectivity index (χ0) is 26.8. The van der Waals surface area contributed by atoms with E-state index in [2.05, 4.69) is 11.1 Å². The lowest BCUT2D eigenvalue weighted by Crippen LogP contribution is -2.40. The lowest BCUT2D eigenvalue weighted by Gasteiger charge is -2.37. The summed E-state index contributed by atoms with van der Waals surface area (Å²) in [5.41, 5.74) is 4.55. The average molecular weight is 528 g/mol. The highest BCUT2D eigenvalue weighted by molar-refractivity contribution is 5.92. The smallest absolute Gasteiger partial charge is 0.290 e. The third-order valence-corrected chi connectivity index (χ3v) is 7.13. The largest absolute Gasteiger partial charge is 0.484 e. The van der Waals surface area contributed by atoms with Crippen LogP contribution in [0.15, 0.2) is 76.0 Å². The molecular weight excluding hydrogens is 498 g/mol. The number of oxazole rings is 1. The maximum Gasteiger partial charge on any atom is 0.290 e. The van der Waals surface area contributed by atoms with Crippen molar-refractivity contribution in [1.82, 2.24) is 14.8 Å². The molecule has 2 amide bonds. The molecule has 39 heavy (non-hydrogen) atoms. The van der Waals surface area contributed by atoms with Crippen molar-refractivity contribution in [2.75, 3.05) is 32.8 Å². The van der Waals surface area contributed by atoms with Crippen molar-refractivity contribution in [3.8, 4) is 5.75 Å². The van der Waals surface area contributed by atoms with Gasteiger partial charge in [0, 0.05) is 19.6 Å². The van der Waals surface area contributed by atoms with Gasteiger partial charge in [-0.25, -0.2) is 4.98 Å². The summed E-state index contributed by atoms with van der Waals surface area (Å²) in [4.78, 5) is 34.0. The molecule has 1 saturated heterocycles. The number of hydrogen-bond donors (Lipinski definition) is 0. The van der Waals surface area contributed by atoms with Gasteiger partial charge in [0.2, 0.25) is 5.89 Å². The van der Waals surface area contributed by atoms with Crippen molar-refractivity contribution in [2.45, 2.75) is 26.0 Å². The van der Waals surface area contributed by atoms with Crippen LogP contribution in [0, 0.1) is 6.92 Å². The van der Waals surface area contributed by atoms with Crippen molar-refractivity contribution < 1.29 is 27.9 Å². The highest BCUT2D eigenvalue weighted by Crippen LogP contribution is 2.38. The predicted molar refractivity (Wildman–Crippen MR) is 140 cm³/mol. The maximum absolute atomic E-state index is 13.4. The van der Waals surface area contributed by atoms with Crippen molar-refractivity contribution in [3.63, 3.8) is 0 Å². The minimum absolute atomic E-state index is 0.0688. The Morgan fingerprint density at radius 2 is 1.87 bits per heavy atom. The zero-order valence-electron chi connectivity index (χ0n) is 21.7. The molecule has 2 aliphatic heterocycles. The van der Waals surface area contributed by atoms with Crippen molar-refractivity contribution in [2.24, 2.45) is 0 Å². The van der Waals surface area contributed by atoms with Gasteiger partial charge in [-0.05, 0) is 54.3 Å². The van der Waals surface area contributed by atoms with E-state index in [1.54, 1.807) is 17.0 Å². The Labute approximate surface area is 225 Å². The lowest BCUT2D eigenvalue weighted by molar-refractivity contribution is 0.0299. The van der Waals surface area contributed by atoms with Crippen LogP contribution in [0.1, 0.15) is 55.2 Å². The molecule has 200 valence electrons. The minimum Gasteiger partial charge on any atom is -0.484 e. The highest BCUT2D eigenvalue weighted by atomic mass is 16.5. The van der Waals surface area contributed by atoms with Crippen LogP contribution in [0.4, 0.5) is 0 Å². The Kier molecular flexibility index (Phi) is 6.89. The Morgan fingerprint density at radius 1 is 1.00 bits per heavy atom. The molecule has 1 atom stereocenters. The molecule has 1 unspecified atom stereocenters. The normalized spacial score (nSPS) is 17.1. The molecular formula is C30H29N3O6. The number of nitrogens with zero attached hydrogens (tertiary/aromatic N) is 3. The fourth-order valence-corrected chi connectivity index (χ4v) is 5.19. The quantitative estimate of drug-likeness (QED) is 0.366. The van der Waals surface area contributed by atoms with Crippen LogP contribution in [0.25, 0.3) is 0 Å². The molecule has 0 radical (unpaired) electrons. The summed E-state index contributed by atoms with van der Waals surface area (Å²) in [5, 5.41) is 0. The van der Waals surface area contributed by atoms with Gasteiger partial charge >= 0.3 is 0 Å². The Hall–Kier alpha value is -4.37. The number of rotatable bonds is 6. The van der Waals surface area contributed by atoms with Crippen molar-refractivity contribution in [3.05, 3.63) is 107 Å². The Balaban J connectivity index is 1.24. The lowest BCUT2D eigenvalue weighted by atomic mass is 9.87. The second kappa shape index (κ2) is 10.8. The summed E-state index contributed by atoms with van der Waals surface area (Å²) >= 11 is 0. The van der Waals surface area contributed by atoms with Gasteiger partial charge in [0.15, 0.2) is 18.1 Å². The molecule has 0 N–H and O–H groups in total. The number of aromatic nitrogens is 1. The molecule has 1 fully saturated rings.